The molecule has 0 saturated heterocycles. The van der Waals surface area contributed by atoms with E-state index < -0.39 is 0 Å². The van der Waals surface area contributed by atoms with E-state index in [0.717, 1.165) is 17.4 Å². The molecule has 0 heterocycles. The fourth-order valence-corrected chi connectivity index (χ4v) is 1.92. The Bertz CT molecular complexity index is 410. The van der Waals surface area contributed by atoms with Gasteiger partial charge in [-0.25, -0.2) is 0 Å². The van der Waals surface area contributed by atoms with Crippen LogP contribution in [0.15, 0.2) is 60.7 Å². The van der Waals surface area contributed by atoms with Gasteiger partial charge in [0.2, 0.25) is 0 Å². The Morgan fingerprint density at radius 3 is 1.62 bits per heavy atom. The molecule has 1 heteroatoms. The second kappa shape index (κ2) is 11.0. The quantitative estimate of drug-likeness (QED) is 0.536. The lowest BCUT2D eigenvalue weighted by molar-refractivity contribution is 0.482. The van der Waals surface area contributed by atoms with Crippen LogP contribution in [0.25, 0.3) is 0 Å². The van der Waals surface area contributed by atoms with Gasteiger partial charge in [-0.15, -0.1) is 0 Å². The number of benzene rings is 2. The second-order valence-electron chi connectivity index (χ2n) is 5.62. The van der Waals surface area contributed by atoms with Gasteiger partial charge < -0.3 is 4.74 Å². The summed E-state index contributed by atoms with van der Waals surface area (Å²) in [5.74, 6) is 2.64. The molecular formula is C20H28O. The van der Waals surface area contributed by atoms with Crippen LogP contribution >= 0.6 is 0 Å². The molecule has 2 rings (SSSR count). The SMILES string of the molecule is CCCCCC(C)C.c1ccc(Oc2ccccc2)cc1. The van der Waals surface area contributed by atoms with Gasteiger partial charge in [0.25, 0.3) is 0 Å². The minimum Gasteiger partial charge on any atom is -0.457 e. The van der Waals surface area contributed by atoms with Gasteiger partial charge in [-0.2, -0.15) is 0 Å². The Balaban J connectivity index is 0.000000240. The van der Waals surface area contributed by atoms with E-state index in [1.54, 1.807) is 0 Å². The monoisotopic (exact) mass is 284 g/mol. The molecule has 0 fully saturated rings. The Kier molecular flexibility index (Phi) is 9.03. The van der Waals surface area contributed by atoms with Gasteiger partial charge in [-0.05, 0) is 30.2 Å². The highest BCUT2D eigenvalue weighted by atomic mass is 16.5. The fourth-order valence-electron chi connectivity index (χ4n) is 1.92. The van der Waals surface area contributed by atoms with Crippen molar-refractivity contribution >= 4 is 0 Å². The molecule has 0 radical (unpaired) electrons. The largest absolute Gasteiger partial charge is 0.457 e. The molecule has 0 unspecified atom stereocenters. The highest BCUT2D eigenvalue weighted by Crippen LogP contribution is 2.19. The summed E-state index contributed by atoms with van der Waals surface area (Å²) in [5.41, 5.74) is 0. The minimum atomic E-state index is 0.869. The molecule has 0 aromatic heterocycles. The fraction of sp³-hybridized carbons (Fsp3) is 0.400. The second-order valence-corrected chi connectivity index (χ2v) is 5.62. The molecule has 0 aliphatic rings. The van der Waals surface area contributed by atoms with E-state index in [-0.39, 0.29) is 0 Å². The van der Waals surface area contributed by atoms with Crippen molar-refractivity contribution in [2.45, 2.75) is 46.5 Å². The van der Waals surface area contributed by atoms with Crippen LogP contribution in [0.3, 0.4) is 0 Å². The molecular weight excluding hydrogens is 256 g/mol. The zero-order valence-corrected chi connectivity index (χ0v) is 13.6. The summed E-state index contributed by atoms with van der Waals surface area (Å²) in [6, 6.07) is 19.5. The maximum absolute atomic E-state index is 5.58. The molecule has 0 spiro atoms. The summed E-state index contributed by atoms with van der Waals surface area (Å²) in [4.78, 5) is 0. The predicted octanol–water partition coefficient (Wildman–Crippen LogP) is 6.70. The third-order valence-electron chi connectivity index (χ3n) is 3.11. The van der Waals surface area contributed by atoms with Crippen molar-refractivity contribution in [2.24, 2.45) is 5.92 Å². The van der Waals surface area contributed by atoms with Gasteiger partial charge in [0.1, 0.15) is 11.5 Å². The Hall–Kier alpha value is -1.76. The molecule has 21 heavy (non-hydrogen) atoms. The molecule has 0 saturated carbocycles. The zero-order valence-electron chi connectivity index (χ0n) is 13.6. The average molecular weight is 284 g/mol. The number of hydrogen-bond acceptors (Lipinski definition) is 1. The molecule has 0 atom stereocenters. The molecule has 0 aliphatic carbocycles. The van der Waals surface area contributed by atoms with E-state index in [1.165, 1.54) is 25.7 Å². The third-order valence-corrected chi connectivity index (χ3v) is 3.11. The van der Waals surface area contributed by atoms with Crippen molar-refractivity contribution in [1.29, 1.82) is 0 Å². The van der Waals surface area contributed by atoms with Crippen molar-refractivity contribution < 1.29 is 4.74 Å². The van der Waals surface area contributed by atoms with Gasteiger partial charge in [0.05, 0.1) is 0 Å². The van der Waals surface area contributed by atoms with Crippen LogP contribution in [0.5, 0.6) is 11.5 Å². The lowest BCUT2D eigenvalue weighted by Crippen LogP contribution is -1.85. The van der Waals surface area contributed by atoms with E-state index in [0.29, 0.717) is 0 Å². The van der Waals surface area contributed by atoms with E-state index in [4.69, 9.17) is 4.74 Å². The molecule has 0 bridgehead atoms. The maximum Gasteiger partial charge on any atom is 0.127 e. The normalized spacial score (nSPS) is 9.90. The first-order chi connectivity index (χ1) is 10.2. The third kappa shape index (κ3) is 8.91. The Morgan fingerprint density at radius 2 is 1.24 bits per heavy atom. The first kappa shape index (κ1) is 17.3. The Labute approximate surface area is 130 Å². The highest BCUT2D eigenvalue weighted by molar-refractivity contribution is 5.30. The van der Waals surface area contributed by atoms with Crippen LogP contribution in [-0.4, -0.2) is 0 Å². The summed E-state index contributed by atoms with van der Waals surface area (Å²) < 4.78 is 5.58. The van der Waals surface area contributed by atoms with Gasteiger partial charge in [-0.3, -0.25) is 0 Å². The van der Waals surface area contributed by atoms with E-state index >= 15 is 0 Å². The van der Waals surface area contributed by atoms with E-state index in [9.17, 15) is 0 Å². The van der Waals surface area contributed by atoms with Crippen molar-refractivity contribution in [1.82, 2.24) is 0 Å². The van der Waals surface area contributed by atoms with Crippen LogP contribution in [-0.2, 0) is 0 Å². The molecule has 2 aromatic carbocycles. The summed E-state index contributed by atoms with van der Waals surface area (Å²) >= 11 is 0. The van der Waals surface area contributed by atoms with Gasteiger partial charge >= 0.3 is 0 Å². The molecule has 2 aromatic rings. The van der Waals surface area contributed by atoms with Crippen molar-refractivity contribution in [3.05, 3.63) is 60.7 Å². The molecule has 1 nitrogen and oxygen atoms in total. The predicted molar refractivity (Wildman–Crippen MR) is 91.9 cm³/mol. The zero-order chi connectivity index (χ0) is 15.3. The lowest BCUT2D eigenvalue weighted by atomic mass is 10.1. The number of hydrogen-bond donors (Lipinski definition) is 0. The molecule has 0 N–H and O–H groups in total. The first-order valence-electron chi connectivity index (χ1n) is 8.00. The van der Waals surface area contributed by atoms with Crippen LogP contribution in [0.4, 0.5) is 0 Å². The summed E-state index contributed by atoms with van der Waals surface area (Å²) in [5, 5.41) is 0. The van der Waals surface area contributed by atoms with E-state index in [2.05, 4.69) is 20.8 Å². The average Bonchev–Trinajstić information content (AvgIpc) is 2.50. The maximum atomic E-state index is 5.58. The van der Waals surface area contributed by atoms with Gasteiger partial charge in [0, 0.05) is 0 Å². The van der Waals surface area contributed by atoms with Crippen LogP contribution in [0, 0.1) is 5.92 Å². The van der Waals surface area contributed by atoms with Crippen LogP contribution in [0.2, 0.25) is 0 Å². The Morgan fingerprint density at radius 1 is 0.762 bits per heavy atom. The number of unbranched alkanes of at least 4 members (excludes halogenated alkanes) is 2. The standard InChI is InChI=1S/C12H10O.C8H18/c1-3-7-11(8-4-1)13-12-9-5-2-6-10-12;1-4-5-6-7-8(2)3/h1-10H;8H,4-7H2,1-3H3. The minimum absolute atomic E-state index is 0.869. The first-order valence-corrected chi connectivity index (χ1v) is 8.00. The van der Waals surface area contributed by atoms with Gasteiger partial charge in [-0.1, -0.05) is 82.9 Å². The summed E-state index contributed by atoms with van der Waals surface area (Å²) in [6.07, 6.45) is 5.60. The topological polar surface area (TPSA) is 9.23 Å². The smallest absolute Gasteiger partial charge is 0.127 e. The molecule has 0 aliphatic heterocycles. The highest BCUT2D eigenvalue weighted by Gasteiger charge is 1.92. The van der Waals surface area contributed by atoms with Crippen LogP contribution < -0.4 is 4.74 Å². The molecule has 0 amide bonds. The van der Waals surface area contributed by atoms with Crippen molar-refractivity contribution in [3.63, 3.8) is 0 Å². The van der Waals surface area contributed by atoms with Crippen LogP contribution in [0.1, 0.15) is 46.5 Å². The molecule has 114 valence electrons. The lowest BCUT2D eigenvalue weighted by Gasteiger charge is -2.03. The summed E-state index contributed by atoms with van der Waals surface area (Å²) in [6.45, 7) is 6.83. The van der Waals surface area contributed by atoms with Crippen molar-refractivity contribution in [2.75, 3.05) is 0 Å². The van der Waals surface area contributed by atoms with E-state index in [1.807, 2.05) is 60.7 Å². The number of ether oxygens (including phenoxy) is 1. The number of rotatable bonds is 6. The number of para-hydroxylation sites is 2. The van der Waals surface area contributed by atoms with Gasteiger partial charge in [0.15, 0.2) is 0 Å². The van der Waals surface area contributed by atoms with Crippen molar-refractivity contribution in [3.8, 4) is 11.5 Å². The summed E-state index contributed by atoms with van der Waals surface area (Å²) in [7, 11) is 0.